The first-order valence-corrected chi connectivity index (χ1v) is 5.03. The Balaban J connectivity index is 2.86. The summed E-state index contributed by atoms with van der Waals surface area (Å²) in [6.07, 6.45) is 1.93. The van der Waals surface area contributed by atoms with Crippen LogP contribution in [0.4, 0.5) is 4.39 Å². The normalized spacial score (nSPS) is 16.4. The third-order valence-electron chi connectivity index (χ3n) is 2.78. The largest absolute Gasteiger partial charge is 0.327 e. The lowest BCUT2D eigenvalue weighted by molar-refractivity contribution is 0.0373. The summed E-state index contributed by atoms with van der Waals surface area (Å²) in [6.45, 7) is 5.52. The van der Waals surface area contributed by atoms with Gasteiger partial charge in [-0.05, 0) is 5.41 Å². The fourth-order valence-electron chi connectivity index (χ4n) is 1.41. The topological polar surface area (TPSA) is 56.7 Å². The highest BCUT2D eigenvalue weighted by Gasteiger charge is 2.41. The molecule has 2 N–H and O–H groups in total. The SMILES string of the molecule is Cn1cc(CC(F)(CN)C(C)(C)C)nn1. The van der Waals surface area contributed by atoms with Gasteiger partial charge in [-0.1, -0.05) is 26.0 Å². The summed E-state index contributed by atoms with van der Waals surface area (Å²) in [5.41, 5.74) is 4.21. The maximum atomic E-state index is 14.5. The van der Waals surface area contributed by atoms with Crippen molar-refractivity contribution in [3.8, 4) is 0 Å². The van der Waals surface area contributed by atoms with Gasteiger partial charge in [-0.25, -0.2) is 4.39 Å². The Morgan fingerprint density at radius 2 is 2.07 bits per heavy atom. The molecule has 0 aromatic carbocycles. The first-order chi connectivity index (χ1) is 6.78. The van der Waals surface area contributed by atoms with Crippen LogP contribution in [-0.2, 0) is 13.5 Å². The molecule has 1 heterocycles. The predicted molar refractivity (Wildman–Crippen MR) is 57.1 cm³/mol. The standard InChI is InChI=1S/C10H19FN4/c1-9(2,3)10(11,7-12)5-8-6-15(4)14-13-8/h6H,5,7,12H2,1-4H3. The summed E-state index contributed by atoms with van der Waals surface area (Å²) in [7, 11) is 1.76. The van der Waals surface area contributed by atoms with Crippen molar-refractivity contribution < 1.29 is 4.39 Å². The van der Waals surface area contributed by atoms with Gasteiger partial charge in [0.15, 0.2) is 0 Å². The molecule has 5 heteroatoms. The van der Waals surface area contributed by atoms with Gasteiger partial charge in [0.1, 0.15) is 5.67 Å². The van der Waals surface area contributed by atoms with Crippen molar-refractivity contribution in [2.75, 3.05) is 6.54 Å². The van der Waals surface area contributed by atoms with Gasteiger partial charge in [0.25, 0.3) is 0 Å². The molecular formula is C10H19FN4. The highest BCUT2D eigenvalue weighted by molar-refractivity contribution is 5.04. The van der Waals surface area contributed by atoms with Gasteiger partial charge in [0, 0.05) is 26.2 Å². The Kier molecular flexibility index (Phi) is 3.13. The van der Waals surface area contributed by atoms with E-state index in [1.54, 1.807) is 17.9 Å². The Hall–Kier alpha value is -0.970. The molecule has 0 amide bonds. The van der Waals surface area contributed by atoms with Crippen LogP contribution >= 0.6 is 0 Å². The second kappa shape index (κ2) is 3.89. The third-order valence-corrected chi connectivity index (χ3v) is 2.78. The molecule has 1 unspecified atom stereocenters. The number of hydrogen-bond donors (Lipinski definition) is 1. The van der Waals surface area contributed by atoms with E-state index in [1.165, 1.54) is 0 Å². The molecule has 1 aromatic heterocycles. The minimum atomic E-state index is -1.44. The number of nitrogens with two attached hydrogens (primary N) is 1. The predicted octanol–water partition coefficient (Wildman–Crippen LogP) is 1.07. The quantitative estimate of drug-likeness (QED) is 0.818. The smallest absolute Gasteiger partial charge is 0.133 e. The van der Waals surface area contributed by atoms with E-state index in [1.807, 2.05) is 20.8 Å². The zero-order valence-corrected chi connectivity index (χ0v) is 9.79. The van der Waals surface area contributed by atoms with E-state index >= 15 is 0 Å². The number of rotatable bonds is 3. The van der Waals surface area contributed by atoms with Gasteiger partial charge in [0.05, 0.1) is 5.69 Å². The van der Waals surface area contributed by atoms with E-state index in [0.717, 1.165) is 0 Å². The van der Waals surface area contributed by atoms with Crippen molar-refractivity contribution in [1.29, 1.82) is 0 Å². The first kappa shape index (κ1) is 12.1. The van der Waals surface area contributed by atoms with E-state index in [0.29, 0.717) is 5.69 Å². The number of hydrogen-bond acceptors (Lipinski definition) is 3. The third kappa shape index (κ3) is 2.53. The molecule has 1 atom stereocenters. The lowest BCUT2D eigenvalue weighted by atomic mass is 9.75. The average molecular weight is 214 g/mol. The number of aromatic nitrogens is 3. The summed E-state index contributed by atoms with van der Waals surface area (Å²) in [4.78, 5) is 0. The molecule has 0 spiro atoms. The fraction of sp³-hybridized carbons (Fsp3) is 0.800. The van der Waals surface area contributed by atoms with E-state index < -0.39 is 11.1 Å². The van der Waals surface area contributed by atoms with Crippen LogP contribution in [0, 0.1) is 5.41 Å². The summed E-state index contributed by atoms with van der Waals surface area (Å²) < 4.78 is 16.1. The zero-order chi connectivity index (χ0) is 11.7. The fourth-order valence-corrected chi connectivity index (χ4v) is 1.41. The zero-order valence-electron chi connectivity index (χ0n) is 9.79. The Morgan fingerprint density at radius 1 is 1.47 bits per heavy atom. The molecule has 0 aliphatic carbocycles. The molecule has 1 rings (SSSR count). The van der Waals surface area contributed by atoms with Crippen molar-refractivity contribution in [1.82, 2.24) is 15.0 Å². The summed E-state index contributed by atoms with van der Waals surface area (Å²) >= 11 is 0. The van der Waals surface area contributed by atoms with Crippen molar-refractivity contribution >= 4 is 0 Å². The monoisotopic (exact) mass is 214 g/mol. The molecule has 0 fully saturated rings. The van der Waals surface area contributed by atoms with Gasteiger partial charge < -0.3 is 5.73 Å². The van der Waals surface area contributed by atoms with Crippen LogP contribution < -0.4 is 5.73 Å². The molecule has 0 aliphatic rings. The first-order valence-electron chi connectivity index (χ1n) is 5.03. The average Bonchev–Trinajstić information content (AvgIpc) is 2.49. The second-order valence-corrected chi connectivity index (χ2v) is 4.98. The Bertz CT molecular complexity index is 328. The van der Waals surface area contributed by atoms with E-state index in [4.69, 9.17) is 5.73 Å². The van der Waals surface area contributed by atoms with Crippen LogP contribution in [0.2, 0.25) is 0 Å². The lowest BCUT2D eigenvalue weighted by Gasteiger charge is -2.36. The van der Waals surface area contributed by atoms with Crippen LogP contribution in [0.5, 0.6) is 0 Å². The summed E-state index contributed by atoms with van der Waals surface area (Å²) in [5, 5.41) is 7.66. The molecule has 1 aromatic rings. The van der Waals surface area contributed by atoms with Gasteiger partial charge in [0.2, 0.25) is 0 Å². The van der Waals surface area contributed by atoms with E-state index in [9.17, 15) is 4.39 Å². The van der Waals surface area contributed by atoms with Crippen LogP contribution in [0.25, 0.3) is 0 Å². The highest BCUT2D eigenvalue weighted by Crippen LogP contribution is 2.35. The van der Waals surface area contributed by atoms with Crippen LogP contribution in [0.1, 0.15) is 26.5 Å². The molecule has 0 saturated carbocycles. The maximum Gasteiger partial charge on any atom is 0.133 e. The molecule has 0 aliphatic heterocycles. The van der Waals surface area contributed by atoms with Crippen molar-refractivity contribution in [3.05, 3.63) is 11.9 Å². The molecule has 15 heavy (non-hydrogen) atoms. The van der Waals surface area contributed by atoms with Crippen LogP contribution in [0.3, 0.4) is 0 Å². The van der Waals surface area contributed by atoms with E-state index in [2.05, 4.69) is 10.3 Å². The van der Waals surface area contributed by atoms with Gasteiger partial charge >= 0.3 is 0 Å². The maximum absolute atomic E-state index is 14.5. The molecular weight excluding hydrogens is 195 g/mol. The Labute approximate surface area is 89.7 Å². The lowest BCUT2D eigenvalue weighted by Crippen LogP contribution is -2.47. The molecule has 86 valence electrons. The minimum absolute atomic E-state index is 0.00687. The molecule has 0 saturated heterocycles. The molecule has 4 nitrogen and oxygen atoms in total. The van der Waals surface area contributed by atoms with Crippen LogP contribution in [0.15, 0.2) is 6.20 Å². The van der Waals surface area contributed by atoms with Crippen molar-refractivity contribution in [2.24, 2.45) is 18.2 Å². The van der Waals surface area contributed by atoms with Crippen molar-refractivity contribution in [3.63, 3.8) is 0 Å². The van der Waals surface area contributed by atoms with Gasteiger partial charge in [-0.15, -0.1) is 5.10 Å². The van der Waals surface area contributed by atoms with E-state index in [-0.39, 0.29) is 13.0 Å². The van der Waals surface area contributed by atoms with Gasteiger partial charge in [-0.3, -0.25) is 4.68 Å². The highest BCUT2D eigenvalue weighted by atomic mass is 19.1. The second-order valence-electron chi connectivity index (χ2n) is 4.98. The number of halogens is 1. The van der Waals surface area contributed by atoms with Gasteiger partial charge in [-0.2, -0.15) is 0 Å². The summed E-state index contributed by atoms with van der Waals surface area (Å²) in [5.74, 6) is 0. The summed E-state index contributed by atoms with van der Waals surface area (Å²) in [6, 6.07) is 0. The number of nitrogens with zero attached hydrogens (tertiary/aromatic N) is 3. The Morgan fingerprint density at radius 3 is 2.40 bits per heavy atom. The van der Waals surface area contributed by atoms with Crippen molar-refractivity contribution in [2.45, 2.75) is 32.9 Å². The molecule has 0 radical (unpaired) electrons. The molecule has 0 bridgehead atoms. The number of aryl methyl sites for hydroxylation is 1. The minimum Gasteiger partial charge on any atom is -0.327 e. The van der Waals surface area contributed by atoms with Crippen LogP contribution in [-0.4, -0.2) is 27.2 Å². The number of alkyl halides is 1.